The summed E-state index contributed by atoms with van der Waals surface area (Å²) in [6.07, 6.45) is 4.86. The summed E-state index contributed by atoms with van der Waals surface area (Å²) in [5.41, 5.74) is 3.55. The van der Waals surface area contributed by atoms with Crippen molar-refractivity contribution in [1.82, 2.24) is 4.90 Å². The maximum Gasteiger partial charge on any atom is 0.305 e. The van der Waals surface area contributed by atoms with Gasteiger partial charge >= 0.3 is 5.97 Å². The molecule has 2 aromatic carbocycles. The van der Waals surface area contributed by atoms with Crippen LogP contribution in [0.4, 0.5) is 0 Å². The van der Waals surface area contributed by atoms with Gasteiger partial charge in [0, 0.05) is 24.5 Å². The van der Waals surface area contributed by atoms with E-state index in [1.165, 1.54) is 18.2 Å². The first-order chi connectivity index (χ1) is 13.2. The van der Waals surface area contributed by atoms with Gasteiger partial charge < -0.3 is 9.64 Å². The van der Waals surface area contributed by atoms with Gasteiger partial charge in [0.05, 0.1) is 7.11 Å². The van der Waals surface area contributed by atoms with Crippen molar-refractivity contribution in [3.8, 4) is 0 Å². The van der Waals surface area contributed by atoms with E-state index in [9.17, 15) is 4.79 Å². The van der Waals surface area contributed by atoms with Crippen molar-refractivity contribution in [3.63, 3.8) is 0 Å². The first-order valence-electron chi connectivity index (χ1n) is 9.46. The van der Waals surface area contributed by atoms with Gasteiger partial charge in [0.1, 0.15) is 0 Å². The van der Waals surface area contributed by atoms with E-state index < -0.39 is 0 Å². The largest absolute Gasteiger partial charge is 0.469 e. The van der Waals surface area contributed by atoms with Gasteiger partial charge in [-0.3, -0.25) is 4.79 Å². The van der Waals surface area contributed by atoms with Crippen LogP contribution in [0.2, 0.25) is 5.02 Å². The highest BCUT2D eigenvalue weighted by atomic mass is 35.5. The van der Waals surface area contributed by atoms with Gasteiger partial charge in [0.15, 0.2) is 0 Å². The van der Waals surface area contributed by atoms with Crippen LogP contribution in [-0.2, 0) is 9.53 Å². The van der Waals surface area contributed by atoms with E-state index in [2.05, 4.69) is 41.3 Å². The molecule has 142 valence electrons. The Morgan fingerprint density at radius 3 is 2.70 bits per heavy atom. The summed E-state index contributed by atoms with van der Waals surface area (Å²) in [5, 5.41) is 0.750. The lowest BCUT2D eigenvalue weighted by molar-refractivity contribution is -0.141. The molecule has 0 spiro atoms. The molecule has 0 aliphatic carbocycles. The first kappa shape index (κ1) is 19.7. The fourth-order valence-electron chi connectivity index (χ4n) is 3.67. The van der Waals surface area contributed by atoms with E-state index in [-0.39, 0.29) is 5.97 Å². The molecule has 4 heteroatoms. The summed E-state index contributed by atoms with van der Waals surface area (Å²) in [7, 11) is 1.46. The SMILES string of the molecule is COC(=O)CC1CCN(CCC=C(c2ccccc2)c2cccc(Cl)c2)C1. The minimum atomic E-state index is -0.103. The Kier molecular flexibility index (Phi) is 7.08. The Hall–Kier alpha value is -2.10. The maximum absolute atomic E-state index is 11.5. The predicted molar refractivity (Wildman–Crippen MR) is 111 cm³/mol. The van der Waals surface area contributed by atoms with Gasteiger partial charge in [0.25, 0.3) is 0 Å². The molecule has 1 saturated heterocycles. The highest BCUT2D eigenvalue weighted by Gasteiger charge is 2.24. The summed E-state index contributed by atoms with van der Waals surface area (Å²) in [5.74, 6) is 0.317. The summed E-state index contributed by atoms with van der Waals surface area (Å²) in [6.45, 7) is 3.02. The number of halogens is 1. The topological polar surface area (TPSA) is 29.5 Å². The highest BCUT2D eigenvalue weighted by molar-refractivity contribution is 6.30. The molecular formula is C23H26ClNO2. The zero-order valence-corrected chi connectivity index (χ0v) is 16.5. The molecule has 1 fully saturated rings. The molecule has 1 heterocycles. The van der Waals surface area contributed by atoms with Crippen LogP contribution in [0.1, 0.15) is 30.4 Å². The molecule has 27 heavy (non-hydrogen) atoms. The van der Waals surface area contributed by atoms with Gasteiger partial charge in [-0.25, -0.2) is 0 Å². The zero-order valence-electron chi connectivity index (χ0n) is 15.7. The molecule has 1 atom stereocenters. The molecular weight excluding hydrogens is 358 g/mol. The molecule has 0 saturated carbocycles. The number of esters is 1. The lowest BCUT2D eigenvalue weighted by atomic mass is 9.97. The number of hydrogen-bond acceptors (Lipinski definition) is 3. The van der Waals surface area contributed by atoms with Crippen LogP contribution in [-0.4, -0.2) is 37.6 Å². The third kappa shape index (κ3) is 5.69. The van der Waals surface area contributed by atoms with Crippen molar-refractivity contribution in [1.29, 1.82) is 0 Å². The second-order valence-electron chi connectivity index (χ2n) is 7.02. The Balaban J connectivity index is 1.66. The maximum atomic E-state index is 11.5. The molecule has 1 aliphatic rings. The van der Waals surface area contributed by atoms with Gasteiger partial charge in [-0.15, -0.1) is 0 Å². The van der Waals surface area contributed by atoms with Crippen LogP contribution >= 0.6 is 11.6 Å². The van der Waals surface area contributed by atoms with Gasteiger partial charge in [-0.05, 0) is 54.1 Å². The third-order valence-electron chi connectivity index (χ3n) is 5.07. The van der Waals surface area contributed by atoms with Gasteiger partial charge in [-0.1, -0.05) is 60.1 Å². The van der Waals surface area contributed by atoms with Crippen LogP contribution in [0, 0.1) is 5.92 Å². The number of benzene rings is 2. The average molecular weight is 384 g/mol. The van der Waals surface area contributed by atoms with Crippen molar-refractivity contribution >= 4 is 23.1 Å². The third-order valence-corrected chi connectivity index (χ3v) is 5.30. The van der Waals surface area contributed by atoms with Crippen LogP contribution in [0.15, 0.2) is 60.7 Å². The summed E-state index contributed by atoms with van der Waals surface area (Å²) in [4.78, 5) is 13.9. The van der Waals surface area contributed by atoms with E-state index in [4.69, 9.17) is 16.3 Å². The van der Waals surface area contributed by atoms with E-state index in [1.807, 2.05) is 24.3 Å². The summed E-state index contributed by atoms with van der Waals surface area (Å²) >= 11 is 6.21. The number of hydrogen-bond donors (Lipinski definition) is 0. The number of methoxy groups -OCH3 is 1. The molecule has 0 aromatic heterocycles. The Morgan fingerprint density at radius 2 is 1.96 bits per heavy atom. The molecule has 1 aliphatic heterocycles. The molecule has 0 radical (unpaired) electrons. The average Bonchev–Trinajstić information content (AvgIpc) is 3.13. The molecule has 0 N–H and O–H groups in total. The quantitative estimate of drug-likeness (QED) is 0.627. The molecule has 0 bridgehead atoms. The van der Waals surface area contributed by atoms with Gasteiger partial charge in [0.2, 0.25) is 0 Å². The smallest absolute Gasteiger partial charge is 0.305 e. The normalized spacial score (nSPS) is 17.9. The lowest BCUT2D eigenvalue weighted by Gasteiger charge is -2.15. The first-order valence-corrected chi connectivity index (χ1v) is 9.84. The Labute approximate surface area is 166 Å². The van der Waals surface area contributed by atoms with Crippen LogP contribution in [0.5, 0.6) is 0 Å². The Morgan fingerprint density at radius 1 is 1.19 bits per heavy atom. The van der Waals surface area contributed by atoms with Crippen molar-refractivity contribution < 1.29 is 9.53 Å². The zero-order chi connectivity index (χ0) is 19.1. The van der Waals surface area contributed by atoms with E-state index in [1.54, 1.807) is 0 Å². The number of rotatable bonds is 7. The molecule has 0 amide bonds. The van der Waals surface area contributed by atoms with Crippen molar-refractivity contribution in [3.05, 3.63) is 76.8 Å². The standard InChI is InChI=1S/C23H26ClNO2/c1-27-23(26)15-18-12-14-25(17-18)13-6-11-22(19-7-3-2-4-8-19)20-9-5-10-21(24)16-20/h2-5,7-11,16,18H,6,12-15,17H2,1H3. The number of nitrogens with zero attached hydrogens (tertiary/aromatic N) is 1. The van der Waals surface area contributed by atoms with Crippen LogP contribution in [0.25, 0.3) is 5.57 Å². The van der Waals surface area contributed by atoms with E-state index in [0.717, 1.165) is 43.1 Å². The number of carbonyl (C=O) groups excluding carboxylic acids is 1. The molecule has 1 unspecified atom stereocenters. The van der Waals surface area contributed by atoms with Gasteiger partial charge in [-0.2, -0.15) is 0 Å². The fourth-order valence-corrected chi connectivity index (χ4v) is 3.86. The summed E-state index contributed by atoms with van der Waals surface area (Å²) in [6, 6.07) is 18.4. The van der Waals surface area contributed by atoms with Crippen LogP contribution in [0.3, 0.4) is 0 Å². The number of likely N-dealkylation sites (tertiary alicyclic amines) is 1. The van der Waals surface area contributed by atoms with Crippen molar-refractivity contribution in [2.45, 2.75) is 19.3 Å². The number of ether oxygens (including phenoxy) is 1. The van der Waals surface area contributed by atoms with Crippen LogP contribution < -0.4 is 0 Å². The van der Waals surface area contributed by atoms with Crippen molar-refractivity contribution in [2.75, 3.05) is 26.7 Å². The highest BCUT2D eigenvalue weighted by Crippen LogP contribution is 2.26. The van der Waals surface area contributed by atoms with Crippen molar-refractivity contribution in [2.24, 2.45) is 5.92 Å². The van der Waals surface area contributed by atoms with E-state index >= 15 is 0 Å². The monoisotopic (exact) mass is 383 g/mol. The second kappa shape index (κ2) is 9.72. The lowest BCUT2D eigenvalue weighted by Crippen LogP contribution is -2.22. The second-order valence-corrected chi connectivity index (χ2v) is 7.45. The molecule has 3 rings (SSSR count). The summed E-state index contributed by atoms with van der Waals surface area (Å²) < 4.78 is 4.79. The minimum absolute atomic E-state index is 0.103. The molecule has 2 aromatic rings. The number of carbonyl (C=O) groups is 1. The Bertz CT molecular complexity index is 788. The molecule has 3 nitrogen and oxygen atoms in total. The van der Waals surface area contributed by atoms with E-state index in [0.29, 0.717) is 12.3 Å². The minimum Gasteiger partial charge on any atom is -0.469 e. The predicted octanol–water partition coefficient (Wildman–Crippen LogP) is 5.05. The fraction of sp³-hybridized carbons (Fsp3) is 0.348.